The van der Waals surface area contributed by atoms with E-state index in [1.807, 2.05) is 0 Å². The molecular weight excluding hydrogens is 396 g/mol. The van der Waals surface area contributed by atoms with Gasteiger partial charge in [-0.2, -0.15) is 0 Å². The predicted molar refractivity (Wildman–Crippen MR) is 92.3 cm³/mol. The fraction of sp³-hybridized carbons (Fsp3) is 0.824. The van der Waals surface area contributed by atoms with Gasteiger partial charge in [0.2, 0.25) is 0 Å². The Morgan fingerprint density at radius 1 is 0.897 bits per heavy atom. The van der Waals surface area contributed by atoms with Gasteiger partial charge in [-0.15, -0.1) is 0 Å². The minimum atomic E-state index is -1.59. The predicted octanol–water partition coefficient (Wildman–Crippen LogP) is -3.35. The molecule has 0 aliphatic carbocycles. The fourth-order valence-corrected chi connectivity index (χ4v) is 3.10. The van der Waals surface area contributed by atoms with Gasteiger partial charge in [0, 0.05) is 20.3 Å². The standard InChI is InChI=1S/C17H28O12/c1-4-9(18)29-15-11(20)7(5-24-2)28-17(14(15)23)26-6-8-10(19)12(21)13(22)16(25-3)27-8/h4,7-8,10-17,19-23H,1,5-6H2,2-3H3/t7?,8?,10-,11-,12+,13?,14?,15+,16+,17+/m1/s1. The largest absolute Gasteiger partial charge is 0.453 e. The summed E-state index contributed by atoms with van der Waals surface area (Å²) in [7, 11) is 2.62. The third-order valence-corrected chi connectivity index (χ3v) is 4.72. The van der Waals surface area contributed by atoms with Gasteiger partial charge in [0.15, 0.2) is 18.7 Å². The normalized spacial score (nSPS) is 43.0. The number of carbonyl (C=O) groups excluding carboxylic acids is 1. The maximum absolute atomic E-state index is 11.5. The van der Waals surface area contributed by atoms with Crippen LogP contribution in [0.2, 0.25) is 0 Å². The van der Waals surface area contributed by atoms with Gasteiger partial charge in [-0.1, -0.05) is 6.58 Å². The Labute approximate surface area is 167 Å². The van der Waals surface area contributed by atoms with E-state index in [1.54, 1.807) is 0 Å². The van der Waals surface area contributed by atoms with Crippen molar-refractivity contribution in [3.8, 4) is 0 Å². The first-order chi connectivity index (χ1) is 13.7. The lowest BCUT2D eigenvalue weighted by molar-refractivity contribution is -0.329. The fourth-order valence-electron chi connectivity index (χ4n) is 3.10. The lowest BCUT2D eigenvalue weighted by Gasteiger charge is -2.43. The first kappa shape index (κ1) is 24.1. The van der Waals surface area contributed by atoms with Crippen molar-refractivity contribution in [1.29, 1.82) is 0 Å². The van der Waals surface area contributed by atoms with Crippen LogP contribution in [-0.4, -0.2) is 120 Å². The van der Waals surface area contributed by atoms with Gasteiger partial charge in [0.25, 0.3) is 0 Å². The highest BCUT2D eigenvalue weighted by atomic mass is 16.7. The van der Waals surface area contributed by atoms with Crippen LogP contribution >= 0.6 is 0 Å². The van der Waals surface area contributed by atoms with Crippen LogP contribution in [0.15, 0.2) is 12.7 Å². The zero-order valence-electron chi connectivity index (χ0n) is 16.1. The summed E-state index contributed by atoms with van der Waals surface area (Å²) in [6.07, 6.45) is -12.7. The van der Waals surface area contributed by atoms with Crippen molar-refractivity contribution in [3.63, 3.8) is 0 Å². The molecule has 0 spiro atoms. The zero-order chi connectivity index (χ0) is 21.7. The summed E-state index contributed by atoms with van der Waals surface area (Å²) in [5.41, 5.74) is 0. The number of hydrogen-bond acceptors (Lipinski definition) is 12. The number of hydrogen-bond donors (Lipinski definition) is 5. The number of esters is 1. The summed E-state index contributed by atoms with van der Waals surface area (Å²) in [6.45, 7) is 2.79. The quantitative estimate of drug-likeness (QED) is 0.194. The minimum absolute atomic E-state index is 0.0882. The van der Waals surface area contributed by atoms with Crippen molar-refractivity contribution in [2.24, 2.45) is 0 Å². The Bertz CT molecular complexity index is 543. The molecule has 0 aromatic rings. The second-order valence-corrected chi connectivity index (χ2v) is 6.67. The van der Waals surface area contributed by atoms with Crippen molar-refractivity contribution < 1.29 is 58.7 Å². The maximum Gasteiger partial charge on any atom is 0.330 e. The molecule has 168 valence electrons. The summed E-state index contributed by atoms with van der Waals surface area (Å²) in [5, 5.41) is 50.5. The molecule has 2 rings (SSSR count). The molecule has 2 fully saturated rings. The Balaban J connectivity index is 2.07. The van der Waals surface area contributed by atoms with E-state index in [0.717, 1.165) is 6.08 Å². The van der Waals surface area contributed by atoms with Gasteiger partial charge in [-0.25, -0.2) is 4.79 Å². The van der Waals surface area contributed by atoms with Gasteiger partial charge in [0.05, 0.1) is 13.2 Å². The van der Waals surface area contributed by atoms with Crippen LogP contribution in [-0.2, 0) is 33.2 Å². The molecule has 29 heavy (non-hydrogen) atoms. The highest BCUT2D eigenvalue weighted by molar-refractivity contribution is 5.81. The van der Waals surface area contributed by atoms with E-state index in [0.29, 0.717) is 0 Å². The molecule has 12 heteroatoms. The van der Waals surface area contributed by atoms with Crippen molar-refractivity contribution in [2.75, 3.05) is 27.4 Å². The second kappa shape index (κ2) is 10.7. The number of ether oxygens (including phenoxy) is 6. The van der Waals surface area contributed by atoms with E-state index in [2.05, 4.69) is 6.58 Å². The number of methoxy groups -OCH3 is 2. The summed E-state index contributed by atoms with van der Waals surface area (Å²) in [5.74, 6) is -0.865. The molecule has 4 unspecified atom stereocenters. The van der Waals surface area contributed by atoms with Crippen LogP contribution in [0.4, 0.5) is 0 Å². The molecule has 2 heterocycles. The van der Waals surface area contributed by atoms with Gasteiger partial charge in [0.1, 0.15) is 42.7 Å². The lowest BCUT2D eigenvalue weighted by atomic mass is 9.98. The number of aliphatic hydroxyl groups excluding tert-OH is 5. The summed E-state index contributed by atoms with van der Waals surface area (Å²) < 4.78 is 31.2. The molecule has 2 aliphatic rings. The number of aliphatic hydroxyl groups is 5. The van der Waals surface area contributed by atoms with Crippen molar-refractivity contribution in [3.05, 3.63) is 12.7 Å². The van der Waals surface area contributed by atoms with Crippen LogP contribution in [0.1, 0.15) is 0 Å². The molecule has 0 radical (unpaired) electrons. The van der Waals surface area contributed by atoms with Crippen LogP contribution in [0.3, 0.4) is 0 Å². The Morgan fingerprint density at radius 3 is 2.10 bits per heavy atom. The Hall–Kier alpha value is -1.19. The molecule has 0 aromatic heterocycles. The molecule has 0 bridgehead atoms. The highest BCUT2D eigenvalue weighted by Crippen LogP contribution is 2.27. The molecule has 2 aliphatic heterocycles. The van der Waals surface area contributed by atoms with Crippen molar-refractivity contribution in [1.82, 2.24) is 0 Å². The average molecular weight is 424 g/mol. The third kappa shape index (κ3) is 5.49. The lowest BCUT2D eigenvalue weighted by Crippen LogP contribution is -2.62. The molecule has 12 nitrogen and oxygen atoms in total. The Morgan fingerprint density at radius 2 is 1.52 bits per heavy atom. The van der Waals surface area contributed by atoms with Crippen LogP contribution in [0.25, 0.3) is 0 Å². The SMILES string of the molecule is C=CC(=O)O[C@@H]1C(O)[C@@H](OCC2O[C@H](OC)C(O)[C@@H](O)[C@@H]2O)OC(COC)[C@H]1O. The zero-order valence-corrected chi connectivity index (χ0v) is 16.1. The van der Waals surface area contributed by atoms with Gasteiger partial charge in [-0.05, 0) is 0 Å². The van der Waals surface area contributed by atoms with E-state index in [4.69, 9.17) is 28.4 Å². The van der Waals surface area contributed by atoms with Gasteiger partial charge in [-0.3, -0.25) is 0 Å². The molecular formula is C17H28O12. The van der Waals surface area contributed by atoms with E-state index in [-0.39, 0.29) is 13.2 Å². The molecule has 0 aromatic carbocycles. The molecule has 2 saturated heterocycles. The third-order valence-electron chi connectivity index (χ3n) is 4.72. The van der Waals surface area contributed by atoms with E-state index in [1.165, 1.54) is 14.2 Å². The Kier molecular flexibility index (Phi) is 8.91. The van der Waals surface area contributed by atoms with Crippen LogP contribution in [0, 0.1) is 0 Å². The first-order valence-corrected chi connectivity index (χ1v) is 8.92. The molecule has 0 amide bonds. The van der Waals surface area contributed by atoms with Crippen LogP contribution in [0.5, 0.6) is 0 Å². The van der Waals surface area contributed by atoms with Gasteiger partial charge >= 0.3 is 5.97 Å². The van der Waals surface area contributed by atoms with E-state index in [9.17, 15) is 30.3 Å². The highest BCUT2D eigenvalue weighted by Gasteiger charge is 2.49. The molecule has 5 N–H and O–H groups in total. The summed E-state index contributed by atoms with van der Waals surface area (Å²) in [6, 6.07) is 0. The van der Waals surface area contributed by atoms with E-state index >= 15 is 0 Å². The monoisotopic (exact) mass is 424 g/mol. The second-order valence-electron chi connectivity index (χ2n) is 6.67. The topological polar surface area (TPSA) is 174 Å². The number of rotatable bonds is 8. The van der Waals surface area contributed by atoms with Crippen molar-refractivity contribution in [2.45, 2.75) is 61.4 Å². The summed E-state index contributed by atoms with van der Waals surface area (Å²) in [4.78, 5) is 11.5. The summed E-state index contributed by atoms with van der Waals surface area (Å²) >= 11 is 0. The smallest absolute Gasteiger partial charge is 0.330 e. The molecule has 0 saturated carbocycles. The van der Waals surface area contributed by atoms with Crippen molar-refractivity contribution >= 4 is 5.97 Å². The first-order valence-electron chi connectivity index (χ1n) is 8.92. The molecule has 10 atom stereocenters. The maximum atomic E-state index is 11.5. The average Bonchev–Trinajstić information content (AvgIpc) is 2.71. The van der Waals surface area contributed by atoms with Gasteiger partial charge < -0.3 is 54.0 Å². The van der Waals surface area contributed by atoms with Crippen LogP contribution < -0.4 is 0 Å². The number of carbonyl (C=O) groups is 1. The van der Waals surface area contributed by atoms with E-state index < -0.39 is 67.4 Å². The minimum Gasteiger partial charge on any atom is -0.453 e.